The Kier molecular flexibility index (Phi) is 4.47. The monoisotopic (exact) mass is 380 g/mol. The van der Waals surface area contributed by atoms with E-state index in [0.717, 1.165) is 10.6 Å². The molecule has 4 aromatic heterocycles. The van der Waals surface area contributed by atoms with E-state index in [1.165, 1.54) is 11.3 Å². The van der Waals surface area contributed by atoms with Gasteiger partial charge in [-0.05, 0) is 26.0 Å². The summed E-state index contributed by atoms with van der Waals surface area (Å²) in [6.45, 7) is 4.27. The number of hydrogen-bond acceptors (Lipinski definition) is 7. The minimum Gasteiger partial charge on any atom is -0.338 e. The van der Waals surface area contributed by atoms with E-state index < -0.39 is 0 Å². The Morgan fingerprint density at radius 1 is 1.30 bits per heavy atom. The van der Waals surface area contributed by atoms with Crippen molar-refractivity contribution in [3.63, 3.8) is 0 Å². The molecule has 0 aliphatic rings. The lowest BCUT2D eigenvalue weighted by molar-refractivity contribution is 0.252. The number of aromatic nitrogens is 6. The standard InChI is InChI=1S/C17H16N8OS/c1-3-19-17(26)22-13-9-25-14(21-13)7-12(11-5-4-6-18-8-11)20-15(25)16-24-23-10(2)27-16/h4-9H,3H2,1-2H3,(H2,19,22,26). The molecule has 10 heteroatoms. The molecule has 9 nitrogen and oxygen atoms in total. The highest BCUT2D eigenvalue weighted by Gasteiger charge is 2.16. The molecule has 27 heavy (non-hydrogen) atoms. The molecule has 0 atom stereocenters. The second kappa shape index (κ2) is 7.08. The molecule has 0 unspecified atom stereocenters. The van der Waals surface area contributed by atoms with Crippen molar-refractivity contribution in [1.82, 2.24) is 34.9 Å². The zero-order valence-corrected chi connectivity index (χ0v) is 15.5. The van der Waals surface area contributed by atoms with Gasteiger partial charge in [0.15, 0.2) is 16.6 Å². The van der Waals surface area contributed by atoms with Crippen LogP contribution in [0.2, 0.25) is 0 Å². The van der Waals surface area contributed by atoms with Gasteiger partial charge in [0.1, 0.15) is 10.7 Å². The highest BCUT2D eigenvalue weighted by atomic mass is 32.1. The molecule has 4 heterocycles. The van der Waals surface area contributed by atoms with Crippen molar-refractivity contribution in [2.75, 3.05) is 11.9 Å². The van der Waals surface area contributed by atoms with E-state index in [1.54, 1.807) is 23.0 Å². The quantitative estimate of drug-likeness (QED) is 0.563. The number of anilines is 1. The molecule has 0 aliphatic heterocycles. The van der Waals surface area contributed by atoms with Gasteiger partial charge in [0.05, 0.1) is 11.9 Å². The normalized spacial score (nSPS) is 10.9. The van der Waals surface area contributed by atoms with E-state index in [1.807, 2.05) is 32.0 Å². The van der Waals surface area contributed by atoms with Crippen LogP contribution in [-0.2, 0) is 0 Å². The van der Waals surface area contributed by atoms with Crippen LogP contribution in [0, 0.1) is 6.92 Å². The molecule has 0 bridgehead atoms. The minimum atomic E-state index is -0.311. The van der Waals surface area contributed by atoms with Crippen molar-refractivity contribution in [3.05, 3.63) is 41.8 Å². The van der Waals surface area contributed by atoms with Crippen molar-refractivity contribution >= 4 is 28.8 Å². The predicted molar refractivity (Wildman–Crippen MR) is 103 cm³/mol. The summed E-state index contributed by atoms with van der Waals surface area (Å²) in [6, 6.07) is 5.31. The van der Waals surface area contributed by atoms with Crippen LogP contribution in [-0.4, -0.2) is 42.1 Å². The minimum absolute atomic E-state index is 0.311. The summed E-state index contributed by atoms with van der Waals surface area (Å²) in [5.74, 6) is 1.03. The van der Waals surface area contributed by atoms with Gasteiger partial charge in [0.25, 0.3) is 0 Å². The Hall–Kier alpha value is -3.40. The molecule has 0 saturated carbocycles. The molecule has 0 spiro atoms. The van der Waals surface area contributed by atoms with Gasteiger partial charge in [-0.15, -0.1) is 10.2 Å². The molecule has 0 aromatic carbocycles. The van der Waals surface area contributed by atoms with Crippen LogP contribution >= 0.6 is 11.3 Å². The number of pyridine rings is 1. The van der Waals surface area contributed by atoms with E-state index >= 15 is 0 Å². The van der Waals surface area contributed by atoms with E-state index in [9.17, 15) is 4.79 Å². The lowest BCUT2D eigenvalue weighted by Crippen LogP contribution is -2.28. The molecule has 2 N–H and O–H groups in total. The van der Waals surface area contributed by atoms with Crippen LogP contribution < -0.4 is 10.6 Å². The fourth-order valence-corrected chi connectivity index (χ4v) is 3.25. The number of imidazole rings is 1. The highest BCUT2D eigenvalue weighted by molar-refractivity contribution is 7.14. The zero-order chi connectivity index (χ0) is 18.8. The number of nitrogens with one attached hydrogen (secondary N) is 2. The van der Waals surface area contributed by atoms with E-state index in [-0.39, 0.29) is 6.03 Å². The number of rotatable bonds is 4. The number of aryl methyl sites for hydroxylation is 1. The number of carbonyl (C=O) groups excluding carboxylic acids is 1. The second-order valence-electron chi connectivity index (χ2n) is 5.67. The smallest absolute Gasteiger partial charge is 0.320 e. The molecular weight excluding hydrogens is 364 g/mol. The maximum absolute atomic E-state index is 11.8. The van der Waals surface area contributed by atoms with Gasteiger partial charge in [-0.25, -0.2) is 14.8 Å². The largest absolute Gasteiger partial charge is 0.338 e. The Morgan fingerprint density at radius 3 is 2.89 bits per heavy atom. The molecule has 4 aromatic rings. The number of carbonyl (C=O) groups is 1. The molecule has 0 saturated heterocycles. The van der Waals surface area contributed by atoms with Gasteiger partial charge < -0.3 is 5.32 Å². The van der Waals surface area contributed by atoms with Crippen LogP contribution in [0.1, 0.15) is 11.9 Å². The van der Waals surface area contributed by atoms with Crippen LogP contribution in [0.15, 0.2) is 36.8 Å². The molecule has 136 valence electrons. The summed E-state index contributed by atoms with van der Waals surface area (Å²) in [5, 5.41) is 15.2. The molecule has 4 rings (SSSR count). The first-order valence-corrected chi connectivity index (χ1v) is 9.11. The third-order valence-electron chi connectivity index (χ3n) is 3.71. The fourth-order valence-electron chi connectivity index (χ4n) is 2.57. The Balaban J connectivity index is 1.86. The average molecular weight is 380 g/mol. The van der Waals surface area contributed by atoms with Crippen LogP contribution in [0.3, 0.4) is 0 Å². The number of urea groups is 1. The van der Waals surface area contributed by atoms with Crippen molar-refractivity contribution in [3.8, 4) is 22.1 Å². The summed E-state index contributed by atoms with van der Waals surface area (Å²) in [4.78, 5) is 25.2. The van der Waals surface area contributed by atoms with Crippen molar-refractivity contribution in [2.45, 2.75) is 13.8 Å². The van der Waals surface area contributed by atoms with E-state index in [2.05, 4.69) is 30.8 Å². The fraction of sp³-hybridized carbons (Fsp3) is 0.176. The predicted octanol–water partition coefficient (Wildman–Crippen LogP) is 2.76. The summed E-state index contributed by atoms with van der Waals surface area (Å²) < 4.78 is 1.79. The lowest BCUT2D eigenvalue weighted by atomic mass is 10.2. The first-order valence-electron chi connectivity index (χ1n) is 8.30. The molecule has 0 fully saturated rings. The van der Waals surface area contributed by atoms with Crippen LogP contribution in [0.25, 0.3) is 27.7 Å². The summed E-state index contributed by atoms with van der Waals surface area (Å²) in [7, 11) is 0. The molecule has 0 aliphatic carbocycles. The third kappa shape index (κ3) is 3.47. The summed E-state index contributed by atoms with van der Waals surface area (Å²) in [5.41, 5.74) is 2.22. The van der Waals surface area contributed by atoms with E-state index in [4.69, 9.17) is 4.98 Å². The molecule has 0 radical (unpaired) electrons. The number of fused-ring (bicyclic) bond motifs is 1. The number of nitrogens with zero attached hydrogens (tertiary/aromatic N) is 6. The SMILES string of the molecule is CCNC(=O)Nc1cn2c(-c3nnc(C)s3)nc(-c3cccnc3)cc2n1. The number of amides is 2. The zero-order valence-electron chi connectivity index (χ0n) is 14.7. The Labute approximate surface area is 158 Å². The van der Waals surface area contributed by atoms with Crippen molar-refractivity contribution < 1.29 is 4.79 Å². The first kappa shape index (κ1) is 17.0. The van der Waals surface area contributed by atoms with Crippen LogP contribution in [0.4, 0.5) is 10.6 Å². The first-order chi connectivity index (χ1) is 13.1. The maximum atomic E-state index is 11.8. The van der Waals surface area contributed by atoms with Gasteiger partial charge in [-0.3, -0.25) is 14.7 Å². The summed E-state index contributed by atoms with van der Waals surface area (Å²) in [6.07, 6.45) is 5.17. The average Bonchev–Trinajstić information content (AvgIpc) is 3.27. The lowest BCUT2D eigenvalue weighted by Gasteiger charge is -2.05. The van der Waals surface area contributed by atoms with Gasteiger partial charge in [-0.1, -0.05) is 11.3 Å². The van der Waals surface area contributed by atoms with Gasteiger partial charge >= 0.3 is 6.03 Å². The Morgan fingerprint density at radius 2 is 2.19 bits per heavy atom. The van der Waals surface area contributed by atoms with Gasteiger partial charge in [0.2, 0.25) is 0 Å². The maximum Gasteiger partial charge on any atom is 0.320 e. The van der Waals surface area contributed by atoms with Crippen molar-refractivity contribution in [1.29, 1.82) is 0 Å². The molecular formula is C17H16N8OS. The van der Waals surface area contributed by atoms with Gasteiger partial charge in [0, 0.05) is 30.6 Å². The van der Waals surface area contributed by atoms with Crippen molar-refractivity contribution in [2.24, 2.45) is 0 Å². The highest BCUT2D eigenvalue weighted by Crippen LogP contribution is 2.27. The topological polar surface area (TPSA) is 110 Å². The van der Waals surface area contributed by atoms with Crippen LogP contribution in [0.5, 0.6) is 0 Å². The molecule has 2 amide bonds. The second-order valence-corrected chi connectivity index (χ2v) is 6.85. The Bertz CT molecular complexity index is 1100. The van der Waals surface area contributed by atoms with Gasteiger partial charge in [-0.2, -0.15) is 0 Å². The third-order valence-corrected chi connectivity index (χ3v) is 4.54. The van der Waals surface area contributed by atoms with E-state index in [0.29, 0.717) is 34.5 Å². The number of hydrogen-bond donors (Lipinski definition) is 2. The summed E-state index contributed by atoms with van der Waals surface area (Å²) >= 11 is 1.44.